The van der Waals surface area contributed by atoms with Crippen LogP contribution >= 0.6 is 11.6 Å². The number of hydrogen-bond donors (Lipinski definition) is 0. The molecule has 3 rings (SSSR count). The zero-order valence-electron chi connectivity index (χ0n) is 11.7. The molecule has 2 aromatic heterocycles. The molecule has 5 heteroatoms. The Morgan fingerprint density at radius 3 is 2.95 bits per heavy atom. The summed E-state index contributed by atoms with van der Waals surface area (Å²) in [5.74, 6) is 3.25. The fourth-order valence-electron chi connectivity index (χ4n) is 2.83. The molecule has 106 valence electrons. The topological polar surface area (TPSA) is 42.2 Å². The van der Waals surface area contributed by atoms with Crippen molar-refractivity contribution in [1.29, 1.82) is 0 Å². The van der Waals surface area contributed by atoms with Crippen molar-refractivity contribution < 1.29 is 4.42 Å². The van der Waals surface area contributed by atoms with E-state index in [9.17, 15) is 0 Å². The van der Waals surface area contributed by atoms with Crippen molar-refractivity contribution in [2.75, 3.05) is 11.4 Å². The second-order valence-electron chi connectivity index (χ2n) is 5.45. The number of furan rings is 1. The van der Waals surface area contributed by atoms with Gasteiger partial charge in [-0.25, -0.2) is 9.97 Å². The van der Waals surface area contributed by atoms with Crippen LogP contribution in [0.2, 0.25) is 5.15 Å². The Labute approximate surface area is 123 Å². The molecular weight excluding hydrogens is 274 g/mol. The highest BCUT2D eigenvalue weighted by Crippen LogP contribution is 2.37. The summed E-state index contributed by atoms with van der Waals surface area (Å²) in [7, 11) is 0. The van der Waals surface area contributed by atoms with Crippen molar-refractivity contribution in [3.8, 4) is 0 Å². The molecule has 0 radical (unpaired) electrons. The molecule has 0 saturated carbocycles. The monoisotopic (exact) mass is 291 g/mol. The van der Waals surface area contributed by atoms with E-state index in [1.807, 2.05) is 25.1 Å². The van der Waals surface area contributed by atoms with Gasteiger partial charge in [-0.1, -0.05) is 18.5 Å². The van der Waals surface area contributed by atoms with E-state index in [0.29, 0.717) is 16.9 Å². The first-order chi connectivity index (χ1) is 9.63. The molecular formula is C15H18ClN3O. The highest BCUT2D eigenvalue weighted by Gasteiger charge is 2.30. The van der Waals surface area contributed by atoms with E-state index < -0.39 is 0 Å². The van der Waals surface area contributed by atoms with E-state index in [2.05, 4.69) is 21.8 Å². The van der Waals surface area contributed by atoms with E-state index in [4.69, 9.17) is 16.0 Å². The Morgan fingerprint density at radius 1 is 1.40 bits per heavy atom. The maximum atomic E-state index is 6.07. The van der Waals surface area contributed by atoms with E-state index in [0.717, 1.165) is 31.0 Å². The largest absolute Gasteiger partial charge is 0.467 e. The number of aromatic nitrogens is 2. The van der Waals surface area contributed by atoms with Crippen LogP contribution in [0.15, 0.2) is 28.9 Å². The maximum Gasteiger partial charge on any atom is 0.134 e. The van der Waals surface area contributed by atoms with Crippen LogP contribution in [0.4, 0.5) is 5.82 Å². The average molecular weight is 292 g/mol. The van der Waals surface area contributed by atoms with Gasteiger partial charge < -0.3 is 9.32 Å². The van der Waals surface area contributed by atoms with Gasteiger partial charge in [-0.15, -0.1) is 0 Å². The van der Waals surface area contributed by atoms with E-state index in [-0.39, 0.29) is 6.04 Å². The van der Waals surface area contributed by atoms with Gasteiger partial charge in [0.15, 0.2) is 0 Å². The Balaban J connectivity index is 1.96. The number of rotatable bonds is 2. The van der Waals surface area contributed by atoms with Crippen molar-refractivity contribution in [3.63, 3.8) is 0 Å². The van der Waals surface area contributed by atoms with Crippen LogP contribution in [-0.4, -0.2) is 16.5 Å². The SMILES string of the molecule is Cc1nc(Cl)cc(N2CCC(C)CC2c2ccco2)n1. The van der Waals surface area contributed by atoms with Gasteiger partial charge in [0.05, 0.1) is 12.3 Å². The zero-order valence-corrected chi connectivity index (χ0v) is 12.5. The minimum absolute atomic E-state index is 0.221. The second-order valence-corrected chi connectivity index (χ2v) is 5.84. The number of nitrogens with zero attached hydrogens (tertiary/aromatic N) is 3. The van der Waals surface area contributed by atoms with Crippen molar-refractivity contribution in [2.24, 2.45) is 5.92 Å². The lowest BCUT2D eigenvalue weighted by molar-refractivity contribution is 0.327. The fourth-order valence-corrected chi connectivity index (χ4v) is 3.05. The molecule has 1 saturated heterocycles. The lowest BCUT2D eigenvalue weighted by Crippen LogP contribution is -2.36. The van der Waals surface area contributed by atoms with Crippen LogP contribution < -0.4 is 4.90 Å². The third-order valence-electron chi connectivity index (χ3n) is 3.82. The molecule has 3 heterocycles. The molecule has 1 fully saturated rings. The van der Waals surface area contributed by atoms with Crippen LogP contribution in [-0.2, 0) is 0 Å². The Bertz CT molecular complexity index is 565. The predicted octanol–water partition coefficient (Wildman–Crippen LogP) is 4.01. The van der Waals surface area contributed by atoms with Crippen LogP contribution in [0.3, 0.4) is 0 Å². The lowest BCUT2D eigenvalue weighted by Gasteiger charge is -2.38. The van der Waals surface area contributed by atoms with Crippen LogP contribution in [0.25, 0.3) is 0 Å². The summed E-state index contributed by atoms with van der Waals surface area (Å²) in [5.41, 5.74) is 0. The number of aryl methyl sites for hydroxylation is 1. The van der Waals surface area contributed by atoms with Gasteiger partial charge in [0.25, 0.3) is 0 Å². The number of hydrogen-bond acceptors (Lipinski definition) is 4. The molecule has 0 spiro atoms. The van der Waals surface area contributed by atoms with Crippen LogP contribution in [0.5, 0.6) is 0 Å². The molecule has 0 bridgehead atoms. The number of halogens is 1. The van der Waals surface area contributed by atoms with Gasteiger partial charge in [-0.05, 0) is 37.8 Å². The molecule has 0 N–H and O–H groups in total. The molecule has 2 atom stereocenters. The first-order valence-electron chi connectivity index (χ1n) is 6.94. The normalized spacial score (nSPS) is 23.1. The zero-order chi connectivity index (χ0) is 14.1. The quantitative estimate of drug-likeness (QED) is 0.784. The summed E-state index contributed by atoms with van der Waals surface area (Å²) < 4.78 is 5.62. The molecule has 1 aliphatic rings. The molecule has 20 heavy (non-hydrogen) atoms. The smallest absolute Gasteiger partial charge is 0.134 e. The molecule has 0 amide bonds. The molecule has 0 aromatic carbocycles. The Morgan fingerprint density at radius 2 is 2.25 bits per heavy atom. The Hall–Kier alpha value is -1.55. The second kappa shape index (κ2) is 5.44. The van der Waals surface area contributed by atoms with E-state index in [1.54, 1.807) is 6.26 Å². The summed E-state index contributed by atoms with van der Waals surface area (Å²) in [4.78, 5) is 10.9. The average Bonchev–Trinajstić information content (AvgIpc) is 2.91. The van der Waals surface area contributed by atoms with Crippen LogP contribution in [0, 0.1) is 12.8 Å². The standard InChI is InChI=1S/C15H18ClN3O/c1-10-5-6-19(12(8-10)13-4-3-7-20-13)15-9-14(16)17-11(2)18-15/h3-4,7,9-10,12H,5-6,8H2,1-2H3. The van der Waals surface area contributed by atoms with Gasteiger partial charge in [0, 0.05) is 12.6 Å². The molecule has 0 aliphatic carbocycles. The van der Waals surface area contributed by atoms with Crippen LogP contribution in [0.1, 0.15) is 37.4 Å². The molecule has 1 aliphatic heterocycles. The third-order valence-corrected chi connectivity index (χ3v) is 4.02. The van der Waals surface area contributed by atoms with Gasteiger partial charge in [-0.3, -0.25) is 0 Å². The van der Waals surface area contributed by atoms with Crippen molar-refractivity contribution in [3.05, 3.63) is 41.2 Å². The van der Waals surface area contributed by atoms with Gasteiger partial charge in [0.2, 0.25) is 0 Å². The number of piperidine rings is 1. The van der Waals surface area contributed by atoms with E-state index in [1.165, 1.54) is 0 Å². The number of anilines is 1. The molecule has 4 nitrogen and oxygen atoms in total. The first kappa shape index (κ1) is 13.4. The minimum Gasteiger partial charge on any atom is -0.467 e. The molecule has 2 aromatic rings. The van der Waals surface area contributed by atoms with Crippen molar-refractivity contribution in [2.45, 2.75) is 32.7 Å². The third kappa shape index (κ3) is 2.66. The maximum absolute atomic E-state index is 6.07. The highest BCUT2D eigenvalue weighted by atomic mass is 35.5. The summed E-state index contributed by atoms with van der Waals surface area (Å²) in [6.07, 6.45) is 3.94. The molecule has 2 unspecified atom stereocenters. The van der Waals surface area contributed by atoms with Gasteiger partial charge in [-0.2, -0.15) is 0 Å². The minimum atomic E-state index is 0.221. The van der Waals surface area contributed by atoms with Crippen molar-refractivity contribution >= 4 is 17.4 Å². The van der Waals surface area contributed by atoms with Gasteiger partial charge in [0.1, 0.15) is 22.6 Å². The fraction of sp³-hybridized carbons (Fsp3) is 0.467. The summed E-state index contributed by atoms with van der Waals surface area (Å²) >= 11 is 6.07. The highest BCUT2D eigenvalue weighted by molar-refractivity contribution is 6.29. The predicted molar refractivity (Wildman–Crippen MR) is 79.0 cm³/mol. The van der Waals surface area contributed by atoms with E-state index >= 15 is 0 Å². The van der Waals surface area contributed by atoms with Gasteiger partial charge >= 0.3 is 0 Å². The van der Waals surface area contributed by atoms with Crippen molar-refractivity contribution in [1.82, 2.24) is 9.97 Å². The lowest BCUT2D eigenvalue weighted by atomic mass is 9.91. The summed E-state index contributed by atoms with van der Waals surface area (Å²) in [6.45, 7) is 5.11. The Kier molecular flexibility index (Phi) is 3.66. The first-order valence-corrected chi connectivity index (χ1v) is 7.32. The summed E-state index contributed by atoms with van der Waals surface area (Å²) in [5, 5.41) is 0.490. The summed E-state index contributed by atoms with van der Waals surface area (Å²) in [6, 6.07) is 6.02.